The Bertz CT molecular complexity index is 946. The van der Waals surface area contributed by atoms with E-state index in [4.69, 9.17) is 9.47 Å². The van der Waals surface area contributed by atoms with Gasteiger partial charge in [0.25, 0.3) is 0 Å². The van der Waals surface area contributed by atoms with Crippen molar-refractivity contribution in [2.75, 3.05) is 19.8 Å². The fourth-order valence-corrected chi connectivity index (χ4v) is 8.54. The second kappa shape index (κ2) is 17.5. The Hall–Kier alpha value is -1.81. The number of aliphatic hydroxyl groups excluding tert-OH is 1. The second-order valence-electron chi connectivity index (χ2n) is 14.0. The number of aryl methyl sites for hydroxylation is 1. The number of hydrogen-bond donors (Lipinski definition) is 1. The van der Waals surface area contributed by atoms with Crippen molar-refractivity contribution in [1.29, 1.82) is 0 Å². The Morgan fingerprint density at radius 3 is 2.00 bits per heavy atom. The molecule has 4 heteroatoms. The van der Waals surface area contributed by atoms with Gasteiger partial charge in [0.1, 0.15) is 12.4 Å². The fourth-order valence-electron chi connectivity index (χ4n) is 8.54. The molecule has 3 saturated carbocycles. The van der Waals surface area contributed by atoms with E-state index in [0.717, 1.165) is 53.7 Å². The molecule has 3 aliphatic rings. The molecule has 0 heterocycles. The summed E-state index contributed by atoms with van der Waals surface area (Å²) in [6.07, 6.45) is 24.6. The van der Waals surface area contributed by atoms with Crippen molar-refractivity contribution < 1.29 is 19.4 Å². The molecule has 3 fully saturated rings. The van der Waals surface area contributed by atoms with Crippen LogP contribution in [0.2, 0.25) is 0 Å². The molecule has 0 bridgehead atoms. The molecular weight excluding hydrogens is 520 g/mol. The molecule has 0 spiro atoms. The monoisotopic (exact) mass is 580 g/mol. The Morgan fingerprint density at radius 1 is 0.833 bits per heavy atom. The molecule has 236 valence electrons. The lowest BCUT2D eigenvalue weighted by Crippen LogP contribution is -2.29. The van der Waals surface area contributed by atoms with E-state index in [1.54, 1.807) is 6.92 Å². The fraction of sp³-hybridized carbons (Fsp3) is 0.763. The Balaban J connectivity index is 1.21. The zero-order valence-corrected chi connectivity index (χ0v) is 26.9. The van der Waals surface area contributed by atoms with Crippen molar-refractivity contribution in [3.8, 4) is 5.75 Å². The van der Waals surface area contributed by atoms with Gasteiger partial charge in [0.05, 0.1) is 13.2 Å². The number of carbonyl (C=O) groups is 1. The molecule has 1 aromatic rings. The average molecular weight is 581 g/mol. The van der Waals surface area contributed by atoms with Crippen LogP contribution in [-0.2, 0) is 16.0 Å². The van der Waals surface area contributed by atoms with E-state index in [0.29, 0.717) is 24.7 Å². The lowest BCUT2D eigenvalue weighted by Gasteiger charge is -2.41. The zero-order valence-electron chi connectivity index (χ0n) is 26.9. The quantitative estimate of drug-likeness (QED) is 0.127. The van der Waals surface area contributed by atoms with Gasteiger partial charge in [-0.25, -0.2) is 4.79 Å². The van der Waals surface area contributed by atoms with Gasteiger partial charge in [0, 0.05) is 5.57 Å². The van der Waals surface area contributed by atoms with Gasteiger partial charge in [0.15, 0.2) is 0 Å². The number of esters is 1. The van der Waals surface area contributed by atoms with Crippen LogP contribution in [0, 0.1) is 29.6 Å². The van der Waals surface area contributed by atoms with Gasteiger partial charge in [-0.3, -0.25) is 0 Å². The summed E-state index contributed by atoms with van der Waals surface area (Å²) in [5.41, 5.74) is 3.01. The minimum Gasteiger partial charge on any atom is -0.491 e. The van der Waals surface area contributed by atoms with Crippen molar-refractivity contribution in [1.82, 2.24) is 0 Å². The smallest absolute Gasteiger partial charge is 0.333 e. The third kappa shape index (κ3) is 9.86. The average Bonchev–Trinajstić information content (AvgIpc) is 3.03. The van der Waals surface area contributed by atoms with Crippen LogP contribution in [0.3, 0.4) is 0 Å². The van der Waals surface area contributed by atoms with Crippen LogP contribution < -0.4 is 4.74 Å². The number of carbonyl (C=O) groups excluding carboxylic acids is 1. The van der Waals surface area contributed by atoms with Crippen LogP contribution in [0.25, 0.3) is 0 Å². The van der Waals surface area contributed by atoms with Gasteiger partial charge in [-0.15, -0.1) is 0 Å². The maximum atomic E-state index is 11.7. The van der Waals surface area contributed by atoms with Crippen molar-refractivity contribution in [2.45, 2.75) is 135 Å². The normalized spacial score (nSPS) is 28.3. The lowest BCUT2D eigenvalue weighted by atomic mass is 9.64. The molecule has 0 radical (unpaired) electrons. The number of ether oxygens (including phenoxy) is 2. The number of unbranched alkanes of at least 4 members (excludes halogenated alkanes) is 2. The van der Waals surface area contributed by atoms with Crippen LogP contribution in [0.15, 0.2) is 30.4 Å². The van der Waals surface area contributed by atoms with Gasteiger partial charge < -0.3 is 14.6 Å². The highest BCUT2D eigenvalue weighted by molar-refractivity contribution is 5.86. The molecule has 1 aromatic carbocycles. The first-order valence-electron chi connectivity index (χ1n) is 17.7. The number of rotatable bonds is 15. The summed E-state index contributed by atoms with van der Waals surface area (Å²) < 4.78 is 11.2. The largest absolute Gasteiger partial charge is 0.491 e. The summed E-state index contributed by atoms with van der Waals surface area (Å²) in [4.78, 5) is 11.7. The van der Waals surface area contributed by atoms with E-state index in [1.165, 1.54) is 108 Å². The summed E-state index contributed by atoms with van der Waals surface area (Å²) in [5, 5.41) is 9.27. The Morgan fingerprint density at radius 2 is 1.43 bits per heavy atom. The van der Waals surface area contributed by atoms with Crippen molar-refractivity contribution in [3.63, 3.8) is 0 Å². The van der Waals surface area contributed by atoms with Crippen molar-refractivity contribution in [2.24, 2.45) is 29.6 Å². The van der Waals surface area contributed by atoms with Crippen molar-refractivity contribution >= 4 is 5.97 Å². The first-order valence-corrected chi connectivity index (χ1v) is 17.7. The van der Waals surface area contributed by atoms with Gasteiger partial charge in [-0.2, -0.15) is 0 Å². The molecule has 3 aliphatic carbocycles. The van der Waals surface area contributed by atoms with Gasteiger partial charge in [-0.1, -0.05) is 64.2 Å². The molecular formula is C38H60O4. The first kappa shape index (κ1) is 33.1. The SMILES string of the molecule is C=C(C)C(=O)OCCCc1cc(C2CCC(C3CCC(C4CCC(CCCCC)CC4)CC3)CC2)ccc1OCCO. The third-order valence-corrected chi connectivity index (χ3v) is 11.1. The van der Waals surface area contributed by atoms with Crippen LogP contribution in [-0.4, -0.2) is 30.9 Å². The third-order valence-electron chi connectivity index (χ3n) is 11.1. The molecule has 4 rings (SSSR count). The molecule has 0 aromatic heterocycles. The topological polar surface area (TPSA) is 55.8 Å². The summed E-state index contributed by atoms with van der Waals surface area (Å²) in [6.45, 7) is 8.33. The standard InChI is InChI=1S/C38H60O4/c1-4-5-6-8-29-10-12-30(13-11-29)31-14-16-32(17-15-31)33-18-20-34(21-19-33)35-22-23-37(41-26-24-39)36(27-35)9-7-25-42-38(40)28(2)3/h22-23,27,29-34,39H,2,4-21,24-26H2,1,3H3. The van der Waals surface area contributed by atoms with E-state index in [-0.39, 0.29) is 12.6 Å². The summed E-state index contributed by atoms with van der Waals surface area (Å²) in [7, 11) is 0. The Labute approximate surface area is 257 Å². The molecule has 0 amide bonds. The van der Waals surface area contributed by atoms with Crippen LogP contribution in [0.1, 0.15) is 140 Å². The van der Waals surface area contributed by atoms with Gasteiger partial charge in [-0.05, 0) is 137 Å². The minimum absolute atomic E-state index is 0.00356. The van der Waals surface area contributed by atoms with E-state index in [2.05, 4.69) is 31.7 Å². The van der Waals surface area contributed by atoms with E-state index >= 15 is 0 Å². The molecule has 0 atom stereocenters. The maximum Gasteiger partial charge on any atom is 0.333 e. The van der Waals surface area contributed by atoms with Gasteiger partial charge in [0.2, 0.25) is 0 Å². The van der Waals surface area contributed by atoms with E-state index in [9.17, 15) is 9.90 Å². The second-order valence-corrected chi connectivity index (χ2v) is 14.0. The molecule has 1 N–H and O–H groups in total. The summed E-state index contributed by atoms with van der Waals surface area (Å²) >= 11 is 0. The minimum atomic E-state index is -0.328. The molecule has 0 aliphatic heterocycles. The number of hydrogen-bond acceptors (Lipinski definition) is 4. The predicted octanol–water partition coefficient (Wildman–Crippen LogP) is 9.58. The highest BCUT2D eigenvalue weighted by Gasteiger charge is 2.35. The highest BCUT2D eigenvalue weighted by Crippen LogP contribution is 2.47. The molecule has 42 heavy (non-hydrogen) atoms. The van der Waals surface area contributed by atoms with E-state index in [1.807, 2.05) is 0 Å². The maximum absolute atomic E-state index is 11.7. The van der Waals surface area contributed by atoms with E-state index < -0.39 is 0 Å². The van der Waals surface area contributed by atoms with Crippen LogP contribution in [0.5, 0.6) is 5.75 Å². The number of aliphatic hydroxyl groups is 1. The van der Waals surface area contributed by atoms with Crippen LogP contribution >= 0.6 is 0 Å². The van der Waals surface area contributed by atoms with Crippen molar-refractivity contribution in [3.05, 3.63) is 41.5 Å². The van der Waals surface area contributed by atoms with Crippen LogP contribution in [0.4, 0.5) is 0 Å². The first-order chi connectivity index (χ1) is 20.5. The predicted molar refractivity (Wildman–Crippen MR) is 173 cm³/mol. The molecule has 0 unspecified atom stereocenters. The Kier molecular flexibility index (Phi) is 13.8. The molecule has 0 saturated heterocycles. The lowest BCUT2D eigenvalue weighted by molar-refractivity contribution is -0.139. The summed E-state index contributed by atoms with van der Waals surface area (Å²) in [5.74, 6) is 6.10. The zero-order chi connectivity index (χ0) is 29.7. The molecule has 4 nitrogen and oxygen atoms in total. The highest BCUT2D eigenvalue weighted by atomic mass is 16.5. The summed E-state index contributed by atoms with van der Waals surface area (Å²) in [6, 6.07) is 6.65. The number of benzene rings is 1. The van der Waals surface area contributed by atoms with Gasteiger partial charge >= 0.3 is 5.97 Å².